The van der Waals surface area contributed by atoms with Crippen molar-refractivity contribution < 1.29 is 19.1 Å². The van der Waals surface area contributed by atoms with Crippen LogP contribution >= 0.6 is 0 Å². The Morgan fingerprint density at radius 3 is 2.31 bits per heavy atom. The summed E-state index contributed by atoms with van der Waals surface area (Å²) < 4.78 is 10.4. The molecular formula is C19H23N3O4. The molecule has 0 saturated carbocycles. The SMILES string of the molecule is COc1ccc(CCNC(=O)CC(=O)NCc2ccncc2)cc1OC. The minimum atomic E-state index is -0.314. The summed E-state index contributed by atoms with van der Waals surface area (Å²) in [5.74, 6) is 0.682. The fraction of sp³-hybridized carbons (Fsp3) is 0.316. The van der Waals surface area contributed by atoms with Gasteiger partial charge < -0.3 is 20.1 Å². The Morgan fingerprint density at radius 1 is 0.923 bits per heavy atom. The summed E-state index contributed by atoms with van der Waals surface area (Å²) in [7, 11) is 3.16. The molecule has 0 aliphatic carbocycles. The largest absolute Gasteiger partial charge is 0.493 e. The molecule has 26 heavy (non-hydrogen) atoms. The van der Waals surface area contributed by atoms with Crippen LogP contribution in [-0.4, -0.2) is 37.6 Å². The molecule has 0 radical (unpaired) electrons. The predicted octanol–water partition coefficient (Wildman–Crippen LogP) is 1.46. The van der Waals surface area contributed by atoms with Gasteiger partial charge in [0.25, 0.3) is 0 Å². The van der Waals surface area contributed by atoms with E-state index in [9.17, 15) is 9.59 Å². The molecule has 0 saturated heterocycles. The van der Waals surface area contributed by atoms with Gasteiger partial charge in [-0.3, -0.25) is 14.6 Å². The van der Waals surface area contributed by atoms with Crippen molar-refractivity contribution in [2.45, 2.75) is 19.4 Å². The number of carbonyl (C=O) groups excluding carboxylic acids is 2. The van der Waals surface area contributed by atoms with E-state index in [-0.39, 0.29) is 18.2 Å². The molecule has 1 aromatic heterocycles. The highest BCUT2D eigenvalue weighted by molar-refractivity contribution is 5.96. The fourth-order valence-electron chi connectivity index (χ4n) is 2.35. The van der Waals surface area contributed by atoms with Crippen molar-refractivity contribution in [1.82, 2.24) is 15.6 Å². The molecule has 2 amide bonds. The van der Waals surface area contributed by atoms with Crippen LogP contribution in [0.4, 0.5) is 0 Å². The van der Waals surface area contributed by atoms with E-state index in [0.29, 0.717) is 31.0 Å². The van der Waals surface area contributed by atoms with Crippen molar-refractivity contribution in [2.75, 3.05) is 20.8 Å². The molecule has 7 heteroatoms. The molecule has 2 aromatic rings. The van der Waals surface area contributed by atoms with Crippen molar-refractivity contribution in [1.29, 1.82) is 0 Å². The maximum absolute atomic E-state index is 11.9. The second-order valence-electron chi connectivity index (χ2n) is 5.60. The molecule has 138 valence electrons. The number of carbonyl (C=O) groups is 2. The Labute approximate surface area is 152 Å². The first kappa shape index (κ1) is 19.2. The molecule has 2 rings (SSSR count). The number of rotatable bonds is 9. The van der Waals surface area contributed by atoms with Crippen LogP contribution in [-0.2, 0) is 22.6 Å². The van der Waals surface area contributed by atoms with Gasteiger partial charge in [-0.15, -0.1) is 0 Å². The Bertz CT molecular complexity index is 735. The van der Waals surface area contributed by atoms with Crippen LogP contribution in [0, 0.1) is 0 Å². The highest BCUT2D eigenvalue weighted by Crippen LogP contribution is 2.27. The normalized spacial score (nSPS) is 10.1. The first-order valence-electron chi connectivity index (χ1n) is 8.25. The molecule has 2 N–H and O–H groups in total. The monoisotopic (exact) mass is 357 g/mol. The Balaban J connectivity index is 1.70. The zero-order chi connectivity index (χ0) is 18.8. The van der Waals surface area contributed by atoms with Crippen LogP contribution < -0.4 is 20.1 Å². The standard InChI is InChI=1S/C19H23N3O4/c1-25-16-4-3-14(11-17(16)26-2)7-10-21-18(23)12-19(24)22-13-15-5-8-20-9-6-15/h3-6,8-9,11H,7,10,12-13H2,1-2H3,(H,21,23)(H,22,24). The zero-order valence-corrected chi connectivity index (χ0v) is 15.0. The zero-order valence-electron chi connectivity index (χ0n) is 15.0. The maximum atomic E-state index is 11.9. The van der Waals surface area contributed by atoms with E-state index >= 15 is 0 Å². The lowest BCUT2D eigenvalue weighted by Crippen LogP contribution is -2.32. The van der Waals surface area contributed by atoms with Crippen molar-refractivity contribution in [3.63, 3.8) is 0 Å². The van der Waals surface area contributed by atoms with E-state index in [4.69, 9.17) is 9.47 Å². The van der Waals surface area contributed by atoms with Crippen LogP contribution in [0.5, 0.6) is 11.5 Å². The topological polar surface area (TPSA) is 89.5 Å². The van der Waals surface area contributed by atoms with Gasteiger partial charge >= 0.3 is 0 Å². The lowest BCUT2D eigenvalue weighted by atomic mass is 10.1. The molecule has 7 nitrogen and oxygen atoms in total. The third kappa shape index (κ3) is 6.08. The molecule has 0 bridgehead atoms. The first-order chi connectivity index (χ1) is 12.6. The Hall–Kier alpha value is -3.09. The van der Waals surface area contributed by atoms with E-state index in [0.717, 1.165) is 11.1 Å². The third-order valence-electron chi connectivity index (χ3n) is 3.74. The summed E-state index contributed by atoms with van der Waals surface area (Å²) >= 11 is 0. The van der Waals surface area contributed by atoms with Crippen LogP contribution in [0.3, 0.4) is 0 Å². The highest BCUT2D eigenvalue weighted by Gasteiger charge is 2.09. The minimum Gasteiger partial charge on any atom is -0.493 e. The molecule has 0 fully saturated rings. The summed E-state index contributed by atoms with van der Waals surface area (Å²) in [5, 5.41) is 5.45. The summed E-state index contributed by atoms with van der Waals surface area (Å²) in [4.78, 5) is 27.6. The Morgan fingerprint density at radius 2 is 1.62 bits per heavy atom. The molecular weight excluding hydrogens is 334 g/mol. The number of nitrogens with zero attached hydrogens (tertiary/aromatic N) is 1. The summed E-state index contributed by atoms with van der Waals surface area (Å²) in [6.07, 6.45) is 3.74. The summed E-state index contributed by atoms with van der Waals surface area (Å²) in [6, 6.07) is 9.22. The van der Waals surface area contributed by atoms with Crippen LogP contribution in [0.1, 0.15) is 17.5 Å². The molecule has 1 aromatic carbocycles. The van der Waals surface area contributed by atoms with E-state index in [1.54, 1.807) is 26.6 Å². The number of hydrogen-bond donors (Lipinski definition) is 2. The molecule has 0 unspecified atom stereocenters. The second-order valence-corrected chi connectivity index (χ2v) is 5.60. The number of nitrogens with one attached hydrogen (secondary N) is 2. The van der Waals surface area contributed by atoms with Crippen LogP contribution in [0.15, 0.2) is 42.7 Å². The van der Waals surface area contributed by atoms with E-state index in [1.807, 2.05) is 30.3 Å². The molecule has 0 aliphatic rings. The molecule has 0 spiro atoms. The third-order valence-corrected chi connectivity index (χ3v) is 3.74. The number of methoxy groups -OCH3 is 2. The quantitative estimate of drug-likeness (QED) is 0.663. The number of benzene rings is 1. The number of hydrogen-bond acceptors (Lipinski definition) is 5. The van der Waals surface area contributed by atoms with Crippen molar-refractivity contribution in [3.05, 3.63) is 53.9 Å². The molecule has 0 aliphatic heterocycles. The van der Waals surface area contributed by atoms with Crippen molar-refractivity contribution in [2.24, 2.45) is 0 Å². The highest BCUT2D eigenvalue weighted by atomic mass is 16.5. The maximum Gasteiger partial charge on any atom is 0.229 e. The summed E-state index contributed by atoms with van der Waals surface area (Å²) in [6.45, 7) is 0.812. The van der Waals surface area contributed by atoms with Gasteiger partial charge in [-0.1, -0.05) is 6.07 Å². The number of amides is 2. The van der Waals surface area contributed by atoms with E-state index < -0.39 is 0 Å². The number of ether oxygens (including phenoxy) is 2. The van der Waals surface area contributed by atoms with Crippen LogP contribution in [0.25, 0.3) is 0 Å². The molecule has 0 atom stereocenters. The Kier molecular flexibility index (Phi) is 7.42. The second kappa shape index (κ2) is 10.0. The van der Waals surface area contributed by atoms with Gasteiger partial charge in [0.1, 0.15) is 6.42 Å². The van der Waals surface area contributed by atoms with Crippen molar-refractivity contribution >= 4 is 11.8 Å². The van der Waals surface area contributed by atoms with E-state index in [2.05, 4.69) is 15.6 Å². The van der Waals surface area contributed by atoms with Gasteiger partial charge in [0, 0.05) is 25.5 Å². The fourth-order valence-corrected chi connectivity index (χ4v) is 2.35. The predicted molar refractivity (Wildman–Crippen MR) is 97.0 cm³/mol. The number of pyridine rings is 1. The first-order valence-corrected chi connectivity index (χ1v) is 8.25. The van der Waals surface area contributed by atoms with Crippen molar-refractivity contribution in [3.8, 4) is 11.5 Å². The average Bonchev–Trinajstić information content (AvgIpc) is 2.67. The summed E-state index contributed by atoms with van der Waals surface area (Å²) in [5.41, 5.74) is 1.94. The minimum absolute atomic E-state index is 0.197. The van der Waals surface area contributed by atoms with Gasteiger partial charge in [0.15, 0.2) is 11.5 Å². The lowest BCUT2D eigenvalue weighted by Gasteiger charge is -2.10. The molecule has 1 heterocycles. The van der Waals surface area contributed by atoms with Gasteiger partial charge in [0.05, 0.1) is 14.2 Å². The van der Waals surface area contributed by atoms with E-state index in [1.165, 1.54) is 0 Å². The van der Waals surface area contributed by atoms with Gasteiger partial charge in [-0.25, -0.2) is 0 Å². The van der Waals surface area contributed by atoms with Gasteiger partial charge in [-0.05, 0) is 41.8 Å². The van der Waals surface area contributed by atoms with Crippen LogP contribution in [0.2, 0.25) is 0 Å². The number of aromatic nitrogens is 1. The smallest absolute Gasteiger partial charge is 0.229 e. The average molecular weight is 357 g/mol. The van der Waals surface area contributed by atoms with Gasteiger partial charge in [-0.2, -0.15) is 0 Å². The lowest BCUT2D eigenvalue weighted by molar-refractivity contribution is -0.129. The van der Waals surface area contributed by atoms with Gasteiger partial charge in [0.2, 0.25) is 11.8 Å².